The molecule has 124 valence electrons. The van der Waals surface area contributed by atoms with Crippen molar-refractivity contribution in [2.45, 2.75) is 6.42 Å². The highest BCUT2D eigenvalue weighted by molar-refractivity contribution is 5.71. The van der Waals surface area contributed by atoms with Crippen molar-refractivity contribution in [2.24, 2.45) is 0 Å². The number of hydrogen-bond acceptors (Lipinski definition) is 5. The third-order valence-corrected chi connectivity index (χ3v) is 4.09. The van der Waals surface area contributed by atoms with Crippen molar-refractivity contribution < 1.29 is 0 Å². The molecule has 3 heterocycles. The first-order valence-corrected chi connectivity index (χ1v) is 8.12. The van der Waals surface area contributed by atoms with Crippen LogP contribution < -0.4 is 11.1 Å². The highest BCUT2D eigenvalue weighted by Crippen LogP contribution is 2.24. The maximum atomic E-state index is 5.77. The first-order valence-electron chi connectivity index (χ1n) is 8.12. The molecule has 0 bridgehead atoms. The number of aromatic nitrogens is 4. The molecular formula is C19H18N6. The van der Waals surface area contributed by atoms with Gasteiger partial charge < -0.3 is 11.1 Å². The first-order chi connectivity index (χ1) is 12.3. The van der Waals surface area contributed by atoms with Crippen LogP contribution in [0.3, 0.4) is 0 Å². The standard InChI is InChI=1S/C19H18N6/c20-16-3-1-15(2-4-16)17-13-24-19-18(23-11-12-25(17)19)22-10-7-14-5-8-21-9-6-14/h1-6,8-9,11-13H,7,10,20H2,(H,22,23). The van der Waals surface area contributed by atoms with Gasteiger partial charge in [0.15, 0.2) is 11.5 Å². The molecule has 6 nitrogen and oxygen atoms in total. The van der Waals surface area contributed by atoms with Crippen LogP contribution in [0, 0.1) is 0 Å². The smallest absolute Gasteiger partial charge is 0.180 e. The molecule has 0 saturated carbocycles. The van der Waals surface area contributed by atoms with Crippen LogP contribution in [0.25, 0.3) is 16.9 Å². The molecule has 0 aliphatic heterocycles. The van der Waals surface area contributed by atoms with E-state index in [1.54, 1.807) is 6.20 Å². The SMILES string of the molecule is Nc1ccc(-c2cnc3c(NCCc4ccncc4)nccn23)cc1. The van der Waals surface area contributed by atoms with Gasteiger partial charge in [0.1, 0.15) is 0 Å². The number of nitrogen functional groups attached to an aromatic ring is 1. The molecule has 0 aliphatic rings. The summed E-state index contributed by atoms with van der Waals surface area (Å²) in [5.41, 5.74) is 10.6. The summed E-state index contributed by atoms with van der Waals surface area (Å²) < 4.78 is 2.04. The summed E-state index contributed by atoms with van der Waals surface area (Å²) in [6.45, 7) is 0.779. The van der Waals surface area contributed by atoms with Crippen LogP contribution in [-0.4, -0.2) is 25.9 Å². The molecule has 1 aromatic carbocycles. The summed E-state index contributed by atoms with van der Waals surface area (Å²) in [5, 5.41) is 3.38. The molecular weight excluding hydrogens is 312 g/mol. The van der Waals surface area contributed by atoms with Crippen LogP contribution in [-0.2, 0) is 6.42 Å². The molecule has 0 fully saturated rings. The van der Waals surface area contributed by atoms with E-state index in [2.05, 4.69) is 20.3 Å². The number of benzene rings is 1. The maximum Gasteiger partial charge on any atom is 0.180 e. The van der Waals surface area contributed by atoms with E-state index in [0.29, 0.717) is 0 Å². The van der Waals surface area contributed by atoms with Crippen LogP contribution in [0.1, 0.15) is 5.56 Å². The average molecular weight is 330 g/mol. The first kappa shape index (κ1) is 15.1. The van der Waals surface area contributed by atoms with E-state index in [4.69, 9.17) is 5.73 Å². The number of nitrogens with zero attached hydrogens (tertiary/aromatic N) is 4. The van der Waals surface area contributed by atoms with Crippen LogP contribution in [0.4, 0.5) is 11.5 Å². The Labute approximate surface area is 145 Å². The monoisotopic (exact) mass is 330 g/mol. The van der Waals surface area contributed by atoms with Gasteiger partial charge in [-0.25, -0.2) is 9.97 Å². The summed E-state index contributed by atoms with van der Waals surface area (Å²) in [4.78, 5) is 13.0. The minimum atomic E-state index is 0.748. The predicted octanol–water partition coefficient (Wildman–Crippen LogP) is 3.03. The Balaban J connectivity index is 1.57. The number of rotatable bonds is 5. The molecule has 3 aromatic heterocycles. The van der Waals surface area contributed by atoms with Gasteiger partial charge in [-0.1, -0.05) is 12.1 Å². The third kappa shape index (κ3) is 3.14. The molecule has 4 aromatic rings. The summed E-state index contributed by atoms with van der Waals surface area (Å²) in [6, 6.07) is 11.8. The number of pyridine rings is 1. The molecule has 6 heteroatoms. The number of imidazole rings is 1. The normalized spacial score (nSPS) is 10.9. The van der Waals surface area contributed by atoms with E-state index >= 15 is 0 Å². The molecule has 0 amide bonds. The molecule has 0 saturated heterocycles. The second-order valence-electron chi connectivity index (χ2n) is 5.77. The van der Waals surface area contributed by atoms with E-state index < -0.39 is 0 Å². The predicted molar refractivity (Wildman–Crippen MR) is 99.3 cm³/mol. The molecule has 0 atom stereocenters. The minimum Gasteiger partial charge on any atom is -0.399 e. The molecule has 4 rings (SSSR count). The molecule has 3 N–H and O–H groups in total. The Hall–Kier alpha value is -3.41. The molecule has 0 aliphatic carbocycles. The quantitative estimate of drug-likeness (QED) is 0.550. The van der Waals surface area contributed by atoms with E-state index in [1.165, 1.54) is 5.56 Å². The third-order valence-electron chi connectivity index (χ3n) is 4.09. The topological polar surface area (TPSA) is 81.1 Å². The van der Waals surface area contributed by atoms with Crippen molar-refractivity contribution in [3.63, 3.8) is 0 Å². The number of nitrogens with one attached hydrogen (secondary N) is 1. The minimum absolute atomic E-state index is 0.748. The van der Waals surface area contributed by atoms with Crippen molar-refractivity contribution in [1.29, 1.82) is 0 Å². The van der Waals surface area contributed by atoms with E-state index in [9.17, 15) is 0 Å². The fraction of sp³-hybridized carbons (Fsp3) is 0.105. The zero-order chi connectivity index (χ0) is 17.1. The summed E-state index contributed by atoms with van der Waals surface area (Å²) in [7, 11) is 0. The summed E-state index contributed by atoms with van der Waals surface area (Å²) >= 11 is 0. The molecule has 0 spiro atoms. The fourth-order valence-corrected chi connectivity index (χ4v) is 2.79. The lowest BCUT2D eigenvalue weighted by atomic mass is 10.1. The maximum absolute atomic E-state index is 5.77. The van der Waals surface area contributed by atoms with Crippen molar-refractivity contribution in [2.75, 3.05) is 17.6 Å². The van der Waals surface area contributed by atoms with Crippen molar-refractivity contribution >= 4 is 17.2 Å². The molecule has 25 heavy (non-hydrogen) atoms. The van der Waals surface area contributed by atoms with Crippen LogP contribution in [0.5, 0.6) is 0 Å². The number of hydrogen-bond donors (Lipinski definition) is 2. The zero-order valence-electron chi connectivity index (χ0n) is 13.6. The lowest BCUT2D eigenvalue weighted by Crippen LogP contribution is -2.08. The van der Waals surface area contributed by atoms with Gasteiger partial charge in [-0.15, -0.1) is 0 Å². The van der Waals surface area contributed by atoms with E-state index in [1.807, 2.05) is 65.6 Å². The van der Waals surface area contributed by atoms with Gasteiger partial charge in [-0.3, -0.25) is 9.38 Å². The van der Waals surface area contributed by atoms with Gasteiger partial charge in [-0.2, -0.15) is 0 Å². The zero-order valence-corrected chi connectivity index (χ0v) is 13.6. The second kappa shape index (κ2) is 6.60. The van der Waals surface area contributed by atoms with Gasteiger partial charge in [0.25, 0.3) is 0 Å². The van der Waals surface area contributed by atoms with E-state index in [0.717, 1.165) is 41.4 Å². The average Bonchev–Trinajstić information content (AvgIpc) is 3.08. The Morgan fingerprint density at radius 3 is 2.56 bits per heavy atom. The second-order valence-corrected chi connectivity index (χ2v) is 5.77. The highest BCUT2D eigenvalue weighted by atomic mass is 15.1. The van der Waals surface area contributed by atoms with Crippen LogP contribution in [0.2, 0.25) is 0 Å². The van der Waals surface area contributed by atoms with Crippen LogP contribution in [0.15, 0.2) is 67.4 Å². The largest absolute Gasteiger partial charge is 0.399 e. The van der Waals surface area contributed by atoms with Gasteiger partial charge in [0.05, 0.1) is 11.9 Å². The van der Waals surface area contributed by atoms with Gasteiger partial charge >= 0.3 is 0 Å². The Kier molecular flexibility index (Phi) is 4.00. The summed E-state index contributed by atoms with van der Waals surface area (Å²) in [5.74, 6) is 0.776. The number of fused-ring (bicyclic) bond motifs is 1. The van der Waals surface area contributed by atoms with Crippen molar-refractivity contribution in [3.05, 3.63) is 72.9 Å². The van der Waals surface area contributed by atoms with Crippen molar-refractivity contribution in [1.82, 2.24) is 19.4 Å². The number of anilines is 2. The van der Waals surface area contributed by atoms with Crippen LogP contribution >= 0.6 is 0 Å². The van der Waals surface area contributed by atoms with Gasteiger partial charge in [-0.05, 0) is 36.2 Å². The molecule has 0 radical (unpaired) electrons. The van der Waals surface area contributed by atoms with E-state index in [-0.39, 0.29) is 0 Å². The van der Waals surface area contributed by atoms with Crippen molar-refractivity contribution in [3.8, 4) is 11.3 Å². The lowest BCUT2D eigenvalue weighted by Gasteiger charge is -2.08. The number of nitrogens with two attached hydrogens (primary N) is 1. The highest BCUT2D eigenvalue weighted by Gasteiger charge is 2.10. The van der Waals surface area contributed by atoms with Gasteiger partial charge in [0, 0.05) is 42.6 Å². The lowest BCUT2D eigenvalue weighted by molar-refractivity contribution is 0.993. The van der Waals surface area contributed by atoms with Gasteiger partial charge in [0.2, 0.25) is 0 Å². The Bertz CT molecular complexity index is 976. The molecule has 0 unspecified atom stereocenters. The summed E-state index contributed by atoms with van der Waals surface area (Å²) in [6.07, 6.45) is 10.1. The Morgan fingerprint density at radius 1 is 0.960 bits per heavy atom. The Morgan fingerprint density at radius 2 is 1.76 bits per heavy atom. The fourth-order valence-electron chi connectivity index (χ4n) is 2.79.